The van der Waals surface area contributed by atoms with E-state index in [9.17, 15) is 9.59 Å². The number of esters is 1. The Morgan fingerprint density at radius 2 is 1.52 bits per heavy atom. The lowest BCUT2D eigenvalue weighted by Crippen LogP contribution is -2.55. The first-order chi connectivity index (χ1) is 10.4. The van der Waals surface area contributed by atoms with Gasteiger partial charge in [0, 0.05) is 11.6 Å². The second-order valence-electron chi connectivity index (χ2n) is 6.55. The van der Waals surface area contributed by atoms with E-state index in [0.717, 1.165) is 0 Å². The van der Waals surface area contributed by atoms with E-state index in [-0.39, 0.29) is 6.61 Å². The first-order valence-corrected chi connectivity index (χ1v) is 15.5. The van der Waals surface area contributed by atoms with Crippen molar-refractivity contribution in [2.24, 2.45) is 0 Å². The zero-order valence-corrected chi connectivity index (χ0v) is 18.0. The number of rotatable bonds is 11. The summed E-state index contributed by atoms with van der Waals surface area (Å²) in [5, 5.41) is 0. The van der Waals surface area contributed by atoms with Crippen molar-refractivity contribution in [1.82, 2.24) is 0 Å². The van der Waals surface area contributed by atoms with Gasteiger partial charge in [-0.05, 0) is 39.5 Å². The topological polar surface area (TPSA) is 65.0 Å². The molecule has 1 N–H and O–H groups in total. The fourth-order valence-electron chi connectivity index (χ4n) is 1.61. The average Bonchev–Trinajstić information content (AvgIpc) is 2.42. The maximum absolute atomic E-state index is 11.4. The minimum Gasteiger partial charge on any atom is -0.462 e. The van der Waals surface area contributed by atoms with Crippen molar-refractivity contribution in [3.63, 3.8) is 0 Å². The zero-order chi connectivity index (χ0) is 18.3. The molecule has 0 aliphatic heterocycles. The van der Waals surface area contributed by atoms with Gasteiger partial charge in [-0.25, -0.2) is 4.79 Å². The first-order valence-electron chi connectivity index (χ1n) is 7.59. The van der Waals surface area contributed by atoms with E-state index in [0.29, 0.717) is 18.0 Å². The lowest BCUT2D eigenvalue weighted by atomic mass is 10.4. The highest BCUT2D eigenvalue weighted by Crippen LogP contribution is 2.24. The molecule has 0 rings (SSSR count). The van der Waals surface area contributed by atoms with Crippen LogP contribution >= 0.6 is 0 Å². The molecule has 8 heteroatoms. The van der Waals surface area contributed by atoms with Crippen LogP contribution in [0.15, 0.2) is 36.7 Å². The van der Waals surface area contributed by atoms with E-state index in [1.165, 1.54) is 0 Å². The molecule has 0 aromatic heterocycles. The normalized spacial score (nSPS) is 12.6. The lowest BCUT2D eigenvalue weighted by Gasteiger charge is -2.36. The molecule has 0 atom stereocenters. The molecule has 0 saturated heterocycles. The minimum absolute atomic E-state index is 0.194. The summed E-state index contributed by atoms with van der Waals surface area (Å²) in [6.07, 6.45) is 0.463. The van der Waals surface area contributed by atoms with Crippen LogP contribution in [0, 0.1) is 0 Å². The van der Waals surface area contributed by atoms with E-state index in [1.807, 2.05) is 26.2 Å². The fraction of sp³-hybridized carbons (Fsp3) is 0.533. The summed E-state index contributed by atoms with van der Waals surface area (Å²) in [5.41, 5.74) is 3.88. The van der Waals surface area contributed by atoms with Crippen molar-refractivity contribution in [3.05, 3.63) is 36.7 Å². The second kappa shape index (κ2) is 8.90. The molecule has 5 nitrogen and oxygen atoms in total. The molecule has 0 aliphatic rings. The van der Waals surface area contributed by atoms with Crippen LogP contribution in [0.2, 0.25) is 32.2 Å². The van der Waals surface area contributed by atoms with Gasteiger partial charge in [0.15, 0.2) is 0 Å². The standard InChI is InChI=1S/C15H30O5Si3/c1-9-21(5,6)19-23(17,20-22(7,8)10-2)13-11-12-18-15(16)14(3)4/h9-10,17H,1-3,11-13H2,4-8H3. The third-order valence-corrected chi connectivity index (χ3v) is 12.8. The molecule has 0 aromatic rings. The summed E-state index contributed by atoms with van der Waals surface area (Å²) in [5.74, 6) is -0.432. The van der Waals surface area contributed by atoms with Crippen molar-refractivity contribution >= 4 is 31.4 Å². The summed E-state index contributed by atoms with van der Waals surface area (Å²) in [7, 11) is -7.81. The third kappa shape index (κ3) is 9.18. The second-order valence-corrected chi connectivity index (χ2v) is 17.3. The molecule has 0 fully saturated rings. The van der Waals surface area contributed by atoms with Gasteiger partial charge in [-0.15, -0.1) is 13.2 Å². The quantitative estimate of drug-likeness (QED) is 0.260. The minimum atomic E-state index is -3.39. The highest BCUT2D eigenvalue weighted by Gasteiger charge is 2.45. The van der Waals surface area contributed by atoms with Gasteiger partial charge in [0.25, 0.3) is 0 Å². The molecular weight excluding hydrogens is 344 g/mol. The first kappa shape index (κ1) is 22.2. The molecule has 0 heterocycles. The predicted octanol–water partition coefficient (Wildman–Crippen LogP) is 3.32. The van der Waals surface area contributed by atoms with Gasteiger partial charge >= 0.3 is 14.8 Å². The Morgan fingerprint density at radius 1 is 1.09 bits per heavy atom. The van der Waals surface area contributed by atoms with E-state index in [2.05, 4.69) is 19.7 Å². The summed E-state index contributed by atoms with van der Waals surface area (Å²) in [4.78, 5) is 22.3. The van der Waals surface area contributed by atoms with Gasteiger partial charge in [0.05, 0.1) is 6.61 Å². The van der Waals surface area contributed by atoms with Crippen LogP contribution in [-0.2, 0) is 17.8 Å². The highest BCUT2D eigenvalue weighted by molar-refractivity contribution is 6.89. The molecule has 0 bridgehead atoms. The molecule has 23 heavy (non-hydrogen) atoms. The van der Waals surface area contributed by atoms with E-state index < -0.39 is 31.4 Å². The number of ether oxygens (including phenoxy) is 1. The maximum Gasteiger partial charge on any atom is 0.477 e. The van der Waals surface area contributed by atoms with E-state index >= 15 is 0 Å². The predicted molar refractivity (Wildman–Crippen MR) is 101 cm³/mol. The SMILES string of the molecule is C=C[Si](C)(C)O[Si](O)(CCCOC(=O)C(=C)C)O[Si](C)(C)C=C. The van der Waals surface area contributed by atoms with Crippen LogP contribution in [0.3, 0.4) is 0 Å². The zero-order valence-electron chi connectivity index (χ0n) is 15.0. The molecule has 0 aliphatic carbocycles. The summed E-state index contributed by atoms with van der Waals surface area (Å²) >= 11 is 0. The van der Waals surface area contributed by atoms with Crippen molar-refractivity contribution < 1.29 is 22.6 Å². The van der Waals surface area contributed by atoms with Gasteiger partial charge < -0.3 is 17.8 Å². The molecule has 0 unspecified atom stereocenters. The van der Waals surface area contributed by atoms with Gasteiger partial charge in [-0.2, -0.15) is 0 Å². The van der Waals surface area contributed by atoms with Gasteiger partial charge in [0.2, 0.25) is 16.6 Å². The number of carbonyl (C=O) groups is 1. The third-order valence-electron chi connectivity index (χ3n) is 3.05. The van der Waals surface area contributed by atoms with Crippen molar-refractivity contribution in [2.75, 3.05) is 6.61 Å². The Bertz CT molecular complexity index is 438. The largest absolute Gasteiger partial charge is 0.477 e. The number of carbonyl (C=O) groups excluding carboxylic acids is 1. The fourth-order valence-corrected chi connectivity index (χ4v) is 10.8. The van der Waals surface area contributed by atoms with E-state index in [4.69, 9.17) is 13.0 Å². The molecule has 0 aromatic carbocycles. The Hall–Kier alpha value is -0.779. The molecule has 0 spiro atoms. The van der Waals surface area contributed by atoms with Crippen molar-refractivity contribution in [2.45, 2.75) is 45.6 Å². The monoisotopic (exact) mass is 374 g/mol. The van der Waals surface area contributed by atoms with Gasteiger partial charge in [0.1, 0.15) is 0 Å². The lowest BCUT2D eigenvalue weighted by molar-refractivity contribution is -0.139. The van der Waals surface area contributed by atoms with Crippen molar-refractivity contribution in [1.29, 1.82) is 0 Å². The molecule has 132 valence electrons. The molecule has 0 amide bonds. The smallest absolute Gasteiger partial charge is 0.462 e. The Morgan fingerprint density at radius 3 is 1.87 bits per heavy atom. The maximum atomic E-state index is 11.4. The van der Waals surface area contributed by atoms with Crippen LogP contribution in [0.5, 0.6) is 0 Å². The molecule has 0 radical (unpaired) electrons. The Labute approximate surface area is 143 Å². The van der Waals surface area contributed by atoms with Crippen LogP contribution in [-0.4, -0.2) is 42.8 Å². The Kier molecular flexibility index (Phi) is 8.60. The van der Waals surface area contributed by atoms with Gasteiger partial charge in [-0.1, -0.05) is 18.0 Å². The molecule has 0 saturated carbocycles. The van der Waals surface area contributed by atoms with Crippen LogP contribution in [0.25, 0.3) is 0 Å². The summed E-state index contributed by atoms with van der Waals surface area (Å²) in [6.45, 7) is 20.7. The van der Waals surface area contributed by atoms with Gasteiger partial charge in [-0.3, -0.25) is 0 Å². The average molecular weight is 375 g/mol. The highest BCUT2D eigenvalue weighted by atomic mass is 28.5. The number of hydrogen-bond donors (Lipinski definition) is 1. The Balaban J connectivity index is 4.85. The summed E-state index contributed by atoms with van der Waals surface area (Å²) < 4.78 is 17.0. The summed E-state index contributed by atoms with van der Waals surface area (Å²) in [6, 6.07) is 0.324. The van der Waals surface area contributed by atoms with Crippen molar-refractivity contribution in [3.8, 4) is 0 Å². The van der Waals surface area contributed by atoms with Crippen LogP contribution in [0.1, 0.15) is 13.3 Å². The number of hydrogen-bond acceptors (Lipinski definition) is 5. The van der Waals surface area contributed by atoms with Crippen LogP contribution < -0.4 is 0 Å². The molecular formula is C15H30O5Si3. The van der Waals surface area contributed by atoms with Crippen LogP contribution in [0.4, 0.5) is 0 Å². The van der Waals surface area contributed by atoms with E-state index in [1.54, 1.807) is 18.3 Å².